The van der Waals surface area contributed by atoms with Gasteiger partial charge in [-0.2, -0.15) is 5.26 Å². The number of sulfone groups is 1. The molecule has 1 amide bonds. The quantitative estimate of drug-likeness (QED) is 0.741. The van der Waals surface area contributed by atoms with Crippen molar-refractivity contribution in [2.45, 2.75) is 39.0 Å². The van der Waals surface area contributed by atoms with Gasteiger partial charge < -0.3 is 5.32 Å². The van der Waals surface area contributed by atoms with Crippen LogP contribution in [0.2, 0.25) is 0 Å². The minimum absolute atomic E-state index is 0.131. The highest BCUT2D eigenvalue weighted by molar-refractivity contribution is 7.91. The predicted molar refractivity (Wildman–Crippen MR) is 110 cm³/mol. The SMILES string of the molecule is CC(C)(C)CC(NC(=O)CS(=O)(=O)Cc1ccc(C#N)cc1)c1ccc(F)cc1. The first-order valence-corrected chi connectivity index (χ1v) is 11.0. The summed E-state index contributed by atoms with van der Waals surface area (Å²) in [5.74, 6) is -1.90. The van der Waals surface area contributed by atoms with Gasteiger partial charge in [-0.25, -0.2) is 12.8 Å². The first kappa shape index (κ1) is 22.6. The molecule has 5 nitrogen and oxygen atoms in total. The van der Waals surface area contributed by atoms with Gasteiger partial charge in [0.05, 0.1) is 23.4 Å². The van der Waals surface area contributed by atoms with Gasteiger partial charge in [0, 0.05) is 0 Å². The van der Waals surface area contributed by atoms with Gasteiger partial charge in [-0.15, -0.1) is 0 Å². The molecule has 0 aromatic heterocycles. The summed E-state index contributed by atoms with van der Waals surface area (Å²) < 4.78 is 38.1. The molecule has 0 saturated heterocycles. The maximum atomic E-state index is 13.2. The number of hydrogen-bond donors (Lipinski definition) is 1. The summed E-state index contributed by atoms with van der Waals surface area (Å²) in [5.41, 5.74) is 1.54. The largest absolute Gasteiger partial charge is 0.348 e. The molecule has 0 aliphatic heterocycles. The van der Waals surface area contributed by atoms with Crippen LogP contribution < -0.4 is 5.32 Å². The monoisotopic (exact) mass is 416 g/mol. The third-order valence-corrected chi connectivity index (χ3v) is 5.72. The Morgan fingerprint density at radius 3 is 2.21 bits per heavy atom. The van der Waals surface area contributed by atoms with Crippen molar-refractivity contribution in [2.75, 3.05) is 5.75 Å². The number of benzene rings is 2. The molecule has 0 heterocycles. The molecule has 29 heavy (non-hydrogen) atoms. The van der Waals surface area contributed by atoms with Crippen LogP contribution in [0.1, 0.15) is 49.9 Å². The van der Waals surface area contributed by atoms with Crippen molar-refractivity contribution in [3.63, 3.8) is 0 Å². The van der Waals surface area contributed by atoms with Gasteiger partial charge in [0.2, 0.25) is 5.91 Å². The second-order valence-corrected chi connectivity index (χ2v) is 10.3. The van der Waals surface area contributed by atoms with Gasteiger partial charge in [0.1, 0.15) is 11.6 Å². The van der Waals surface area contributed by atoms with Crippen molar-refractivity contribution >= 4 is 15.7 Å². The van der Waals surface area contributed by atoms with Crippen LogP contribution in [0.5, 0.6) is 0 Å². The molecular formula is C22H25FN2O3S. The number of hydrogen-bond acceptors (Lipinski definition) is 4. The molecule has 0 spiro atoms. The molecule has 2 rings (SSSR count). The maximum Gasteiger partial charge on any atom is 0.235 e. The predicted octanol–water partition coefficient (Wildman–Crippen LogP) is 3.91. The Kier molecular flexibility index (Phi) is 7.15. The average Bonchev–Trinajstić information content (AvgIpc) is 2.60. The van der Waals surface area contributed by atoms with Crippen LogP contribution in [0.3, 0.4) is 0 Å². The lowest BCUT2D eigenvalue weighted by Gasteiger charge is -2.27. The van der Waals surface area contributed by atoms with Crippen molar-refractivity contribution in [1.82, 2.24) is 5.32 Å². The zero-order valence-corrected chi connectivity index (χ0v) is 17.6. The first-order valence-electron chi connectivity index (χ1n) is 9.22. The van der Waals surface area contributed by atoms with E-state index < -0.39 is 27.5 Å². The summed E-state index contributed by atoms with van der Waals surface area (Å²) in [7, 11) is -3.69. The van der Waals surface area contributed by atoms with E-state index >= 15 is 0 Å². The number of nitrogens with zero attached hydrogens (tertiary/aromatic N) is 1. The van der Waals surface area contributed by atoms with Crippen LogP contribution >= 0.6 is 0 Å². The molecular weight excluding hydrogens is 391 g/mol. The molecule has 0 aliphatic carbocycles. The van der Waals surface area contributed by atoms with Crippen LogP contribution in [0.25, 0.3) is 0 Å². The van der Waals surface area contributed by atoms with Crippen LogP contribution in [0, 0.1) is 22.6 Å². The Labute approximate surface area is 171 Å². The zero-order valence-electron chi connectivity index (χ0n) is 16.8. The van der Waals surface area contributed by atoms with Crippen molar-refractivity contribution in [3.8, 4) is 6.07 Å². The Balaban J connectivity index is 2.09. The average molecular weight is 417 g/mol. The van der Waals surface area contributed by atoms with Crippen LogP contribution in [-0.2, 0) is 20.4 Å². The first-order chi connectivity index (χ1) is 13.5. The molecule has 2 aromatic rings. The van der Waals surface area contributed by atoms with E-state index in [2.05, 4.69) is 5.32 Å². The maximum absolute atomic E-state index is 13.2. The van der Waals surface area contributed by atoms with Gasteiger partial charge in [-0.1, -0.05) is 45.0 Å². The number of carbonyl (C=O) groups excluding carboxylic acids is 1. The van der Waals surface area contributed by atoms with E-state index in [0.717, 1.165) is 5.56 Å². The second-order valence-electron chi connectivity index (χ2n) is 8.28. The molecule has 2 aromatic carbocycles. The van der Waals surface area contributed by atoms with E-state index in [1.54, 1.807) is 36.4 Å². The number of amides is 1. The number of halogens is 1. The van der Waals surface area contributed by atoms with E-state index in [1.165, 1.54) is 12.1 Å². The fourth-order valence-electron chi connectivity index (χ4n) is 2.98. The van der Waals surface area contributed by atoms with E-state index in [-0.39, 0.29) is 17.0 Å². The third-order valence-electron chi connectivity index (χ3n) is 4.24. The van der Waals surface area contributed by atoms with Crippen LogP contribution in [-0.4, -0.2) is 20.1 Å². The van der Waals surface area contributed by atoms with E-state index in [0.29, 0.717) is 17.5 Å². The molecule has 0 saturated carbocycles. The topological polar surface area (TPSA) is 87.0 Å². The number of nitriles is 1. The van der Waals surface area contributed by atoms with Gasteiger partial charge >= 0.3 is 0 Å². The van der Waals surface area contributed by atoms with Gasteiger partial charge in [-0.3, -0.25) is 4.79 Å². The number of nitrogens with one attached hydrogen (secondary N) is 1. The van der Waals surface area contributed by atoms with Crippen molar-refractivity contribution in [2.24, 2.45) is 5.41 Å². The van der Waals surface area contributed by atoms with Crippen LogP contribution in [0.4, 0.5) is 4.39 Å². The van der Waals surface area contributed by atoms with Crippen molar-refractivity contribution < 1.29 is 17.6 Å². The van der Waals surface area contributed by atoms with Gasteiger partial charge in [-0.05, 0) is 47.2 Å². The van der Waals surface area contributed by atoms with Crippen molar-refractivity contribution in [1.29, 1.82) is 5.26 Å². The molecule has 0 fully saturated rings. The standard InChI is InChI=1S/C22H25FN2O3S/c1-22(2,3)12-20(18-8-10-19(23)11-9-18)25-21(26)15-29(27,28)14-17-6-4-16(13-24)5-7-17/h4-11,20H,12,14-15H2,1-3H3,(H,25,26). The summed E-state index contributed by atoms with van der Waals surface area (Å²) in [6.07, 6.45) is 0.569. The fourth-order valence-corrected chi connectivity index (χ4v) is 4.26. The van der Waals surface area contributed by atoms with Crippen molar-refractivity contribution in [3.05, 3.63) is 71.0 Å². The summed E-state index contributed by atoms with van der Waals surface area (Å²) in [6.45, 7) is 6.03. The minimum Gasteiger partial charge on any atom is -0.348 e. The van der Waals surface area contributed by atoms with E-state index in [1.807, 2.05) is 26.8 Å². The Morgan fingerprint density at radius 1 is 1.10 bits per heavy atom. The summed E-state index contributed by atoms with van der Waals surface area (Å²) >= 11 is 0. The molecule has 1 N–H and O–H groups in total. The molecule has 0 aliphatic rings. The summed E-state index contributed by atoms with van der Waals surface area (Å²) in [6, 6.07) is 13.6. The molecule has 0 radical (unpaired) electrons. The van der Waals surface area contributed by atoms with E-state index in [4.69, 9.17) is 5.26 Å². The number of rotatable bonds is 7. The molecule has 7 heteroatoms. The third kappa shape index (κ3) is 7.66. The fraction of sp³-hybridized carbons (Fsp3) is 0.364. The van der Waals surface area contributed by atoms with Gasteiger partial charge in [0.15, 0.2) is 9.84 Å². The molecule has 0 bridgehead atoms. The highest BCUT2D eigenvalue weighted by Gasteiger charge is 2.24. The van der Waals surface area contributed by atoms with E-state index in [9.17, 15) is 17.6 Å². The molecule has 1 atom stereocenters. The normalized spacial score (nSPS) is 12.8. The zero-order chi connectivity index (χ0) is 21.7. The molecule has 154 valence electrons. The Morgan fingerprint density at radius 2 is 1.69 bits per heavy atom. The smallest absolute Gasteiger partial charge is 0.235 e. The lowest BCUT2D eigenvalue weighted by molar-refractivity contribution is -0.119. The highest BCUT2D eigenvalue weighted by atomic mass is 32.2. The Bertz CT molecular complexity index is 986. The van der Waals surface area contributed by atoms with Crippen LogP contribution in [0.15, 0.2) is 48.5 Å². The molecule has 1 unspecified atom stereocenters. The second kappa shape index (κ2) is 9.19. The Hall–Kier alpha value is -2.72. The lowest BCUT2D eigenvalue weighted by Crippen LogP contribution is -2.35. The summed E-state index contributed by atoms with van der Waals surface area (Å²) in [5, 5.41) is 11.6. The summed E-state index contributed by atoms with van der Waals surface area (Å²) in [4.78, 5) is 12.5. The minimum atomic E-state index is -3.69. The lowest BCUT2D eigenvalue weighted by atomic mass is 9.85. The number of carbonyl (C=O) groups is 1. The highest BCUT2D eigenvalue weighted by Crippen LogP contribution is 2.29. The van der Waals surface area contributed by atoms with Gasteiger partial charge in [0.25, 0.3) is 0 Å².